The molecule has 2 fully saturated rings. The van der Waals surface area contributed by atoms with Crippen molar-refractivity contribution in [3.8, 4) is 5.75 Å². The van der Waals surface area contributed by atoms with Gasteiger partial charge in [-0.1, -0.05) is 58.8 Å². The van der Waals surface area contributed by atoms with E-state index in [1.807, 2.05) is 12.1 Å². The first kappa shape index (κ1) is 36.8. The number of methoxy groups -OCH3 is 1. The van der Waals surface area contributed by atoms with Gasteiger partial charge in [0.15, 0.2) is 0 Å². The summed E-state index contributed by atoms with van der Waals surface area (Å²) in [5, 5.41) is 3.01. The molecule has 1 aromatic carbocycles. The Morgan fingerprint density at radius 3 is 2.21 bits per heavy atom. The van der Waals surface area contributed by atoms with E-state index in [-0.39, 0.29) is 11.6 Å². The number of hydrogen-bond acceptors (Lipinski definition) is 7. The quantitative estimate of drug-likeness (QED) is 0.335. The maximum absolute atomic E-state index is 12.9. The number of rotatable bonds is 8. The van der Waals surface area contributed by atoms with Crippen molar-refractivity contribution >= 4 is 28.3 Å². The number of aromatic nitrogens is 2. The molecule has 1 aliphatic heterocycles. The topological polar surface area (TPSA) is 82.6 Å². The third-order valence-electron chi connectivity index (χ3n) is 7.87. The minimum Gasteiger partial charge on any atom is -0.494 e. The summed E-state index contributed by atoms with van der Waals surface area (Å²) >= 11 is 0. The van der Waals surface area contributed by atoms with Crippen LogP contribution in [-0.4, -0.2) is 72.7 Å². The maximum Gasteiger partial charge on any atom is 0.419 e. The van der Waals surface area contributed by atoms with Crippen LogP contribution in [0.1, 0.15) is 75.6 Å². The minimum absolute atomic E-state index is 0.100. The lowest BCUT2D eigenvalue weighted by atomic mass is 9.86. The fraction of sp³-hybridized carbons (Fsp3) is 0.677. The predicted octanol–water partition coefficient (Wildman–Crippen LogP) is 6.74. The molecule has 1 saturated heterocycles. The monoisotopic (exact) mass is 628 g/mol. The highest BCUT2D eigenvalue weighted by Crippen LogP contribution is 2.36. The van der Waals surface area contributed by atoms with Crippen LogP contribution in [0.3, 0.4) is 0 Å². The van der Waals surface area contributed by atoms with Gasteiger partial charge in [-0.15, -0.1) is 0 Å². The summed E-state index contributed by atoms with van der Waals surface area (Å²) < 4.78 is 56.7. The van der Waals surface area contributed by atoms with Crippen molar-refractivity contribution in [3.05, 3.63) is 35.2 Å². The minimum atomic E-state index is -4.47. The van der Waals surface area contributed by atoms with Gasteiger partial charge in [-0.3, -0.25) is 0 Å². The van der Waals surface area contributed by atoms with E-state index < -0.39 is 22.7 Å². The number of likely N-dealkylation sites (N-methyl/N-ethyl adjacent to an activating group) is 1. The van der Waals surface area contributed by atoms with Crippen molar-refractivity contribution in [3.63, 3.8) is 0 Å². The number of ether oxygens (including phenoxy) is 1. The molecule has 12 heteroatoms. The summed E-state index contributed by atoms with van der Waals surface area (Å²) in [6, 6.07) is 3.94. The number of alkyl halides is 3. The van der Waals surface area contributed by atoms with Crippen LogP contribution in [0, 0.1) is 12.8 Å². The number of nitrogens with one attached hydrogen (secondary N) is 2. The SMILES string of the molecule is CCCC1CCCCC1.CCc1cc(Nc2ncc(C(F)(F)F)c(C)n2)c(OC)cc1N1CCN(C)CC1.CNS(C)=O. The fourth-order valence-electron chi connectivity index (χ4n) is 5.32. The molecule has 1 aliphatic carbocycles. The lowest BCUT2D eigenvalue weighted by molar-refractivity contribution is -0.138. The smallest absolute Gasteiger partial charge is 0.419 e. The predicted molar refractivity (Wildman–Crippen MR) is 172 cm³/mol. The zero-order valence-electron chi connectivity index (χ0n) is 26.9. The average Bonchev–Trinajstić information content (AvgIpc) is 2.98. The van der Waals surface area contributed by atoms with Crippen molar-refractivity contribution in [2.24, 2.45) is 5.92 Å². The van der Waals surface area contributed by atoms with E-state index in [4.69, 9.17) is 4.74 Å². The van der Waals surface area contributed by atoms with Gasteiger partial charge in [0.1, 0.15) is 5.75 Å². The summed E-state index contributed by atoms with van der Waals surface area (Å²) in [6.07, 6.45) is 9.16. The highest BCUT2D eigenvalue weighted by molar-refractivity contribution is 7.82. The highest BCUT2D eigenvalue weighted by Gasteiger charge is 2.33. The maximum atomic E-state index is 12.9. The number of aryl methyl sites for hydroxylation is 2. The van der Waals surface area contributed by atoms with Crippen molar-refractivity contribution in [2.45, 2.75) is 78.3 Å². The molecule has 0 bridgehead atoms. The molecule has 2 N–H and O–H groups in total. The van der Waals surface area contributed by atoms with E-state index in [0.29, 0.717) is 11.4 Å². The van der Waals surface area contributed by atoms with Gasteiger partial charge < -0.3 is 19.9 Å². The number of hydrogen-bond donors (Lipinski definition) is 2. The van der Waals surface area contributed by atoms with Crippen LogP contribution in [0.5, 0.6) is 5.75 Å². The van der Waals surface area contributed by atoms with Crippen LogP contribution >= 0.6 is 0 Å². The molecular formula is C31H51F3N6O2S. The van der Waals surface area contributed by atoms with Crippen molar-refractivity contribution < 1.29 is 22.1 Å². The zero-order valence-corrected chi connectivity index (χ0v) is 27.8. The van der Waals surface area contributed by atoms with Crippen LogP contribution in [0.25, 0.3) is 0 Å². The van der Waals surface area contributed by atoms with E-state index in [2.05, 4.69) is 50.7 Å². The molecule has 43 heavy (non-hydrogen) atoms. The molecule has 1 aromatic heterocycles. The van der Waals surface area contributed by atoms with Crippen molar-refractivity contribution in [1.29, 1.82) is 0 Å². The molecule has 1 saturated carbocycles. The standard InChI is InChI=1S/C20H26F3N5O.C9H18.C2H7NOS/c1-5-14-10-16(26-19-24-12-15(13(2)25-19)20(21,22)23)18(29-4)11-17(14)28-8-6-27(3)7-9-28;1-2-6-9-7-4-3-5-8-9;1-3-5(2)4/h10-12H,5-9H2,1-4H3,(H,24,25,26);9H,2-8H2,1H3;3H,1-2H3. The molecule has 2 aromatic rings. The van der Waals surface area contributed by atoms with Crippen molar-refractivity contribution in [2.75, 3.05) is 63.9 Å². The van der Waals surface area contributed by atoms with Crippen LogP contribution in [-0.2, 0) is 23.6 Å². The van der Waals surface area contributed by atoms with Gasteiger partial charge in [0, 0.05) is 50.4 Å². The molecular weight excluding hydrogens is 577 g/mol. The molecule has 1 atom stereocenters. The third-order valence-corrected chi connectivity index (χ3v) is 8.44. The largest absolute Gasteiger partial charge is 0.494 e. The Morgan fingerprint density at radius 2 is 1.72 bits per heavy atom. The number of piperazine rings is 1. The van der Waals surface area contributed by atoms with Gasteiger partial charge in [-0.2, -0.15) is 13.2 Å². The first-order valence-corrected chi connectivity index (χ1v) is 16.8. The Labute approximate surface area is 258 Å². The Hall–Kier alpha value is -2.44. The molecule has 0 spiro atoms. The normalized spacial score (nSPS) is 16.8. The molecule has 8 nitrogen and oxygen atoms in total. The van der Waals surface area contributed by atoms with Crippen LogP contribution in [0.4, 0.5) is 30.5 Å². The molecule has 2 heterocycles. The first-order chi connectivity index (χ1) is 20.4. The number of nitrogens with zero attached hydrogens (tertiary/aromatic N) is 4. The molecule has 244 valence electrons. The first-order valence-electron chi connectivity index (χ1n) is 15.3. The second-order valence-corrected chi connectivity index (χ2v) is 12.4. The van der Waals surface area contributed by atoms with Gasteiger partial charge in [0.2, 0.25) is 5.95 Å². The molecule has 0 radical (unpaired) electrons. The van der Waals surface area contributed by atoms with Gasteiger partial charge in [0.25, 0.3) is 0 Å². The van der Waals surface area contributed by atoms with Gasteiger partial charge in [-0.25, -0.2) is 18.9 Å². The lowest BCUT2D eigenvalue weighted by Gasteiger charge is -2.35. The van der Waals surface area contributed by atoms with Crippen LogP contribution in [0.15, 0.2) is 18.3 Å². The number of benzene rings is 1. The Morgan fingerprint density at radius 1 is 1.09 bits per heavy atom. The van der Waals surface area contributed by atoms with Gasteiger partial charge in [-0.05, 0) is 45.0 Å². The second kappa shape index (κ2) is 18.4. The number of halogens is 3. The van der Waals surface area contributed by atoms with Crippen LogP contribution < -0.4 is 19.7 Å². The lowest BCUT2D eigenvalue weighted by Crippen LogP contribution is -2.44. The van der Waals surface area contributed by atoms with Gasteiger partial charge >= 0.3 is 6.18 Å². The summed E-state index contributed by atoms with van der Waals surface area (Å²) in [5.74, 6) is 1.80. The zero-order chi connectivity index (χ0) is 32.0. The van der Waals surface area contributed by atoms with Gasteiger partial charge in [0.05, 0.1) is 35.0 Å². The molecule has 0 amide bonds. The molecule has 2 aliphatic rings. The Balaban J connectivity index is 0.000000379. The summed E-state index contributed by atoms with van der Waals surface area (Å²) in [6.45, 7) is 9.54. The Kier molecular flexibility index (Phi) is 15.7. The molecule has 1 unspecified atom stereocenters. The average molecular weight is 629 g/mol. The van der Waals surface area contributed by atoms with E-state index in [1.165, 1.54) is 51.9 Å². The highest BCUT2D eigenvalue weighted by atomic mass is 32.2. The third kappa shape index (κ3) is 12.2. The Bertz CT molecular complexity index is 1130. The summed E-state index contributed by atoms with van der Waals surface area (Å²) in [5.41, 5.74) is 1.91. The summed E-state index contributed by atoms with van der Waals surface area (Å²) in [4.78, 5) is 12.4. The number of anilines is 3. The molecule has 4 rings (SSSR count). The van der Waals surface area contributed by atoms with E-state index in [0.717, 1.165) is 56.0 Å². The second-order valence-electron chi connectivity index (χ2n) is 11.1. The van der Waals surface area contributed by atoms with E-state index in [9.17, 15) is 17.4 Å². The van der Waals surface area contributed by atoms with E-state index >= 15 is 0 Å². The van der Waals surface area contributed by atoms with E-state index in [1.54, 1.807) is 20.4 Å². The summed E-state index contributed by atoms with van der Waals surface area (Å²) in [7, 11) is 4.50. The van der Waals surface area contributed by atoms with Crippen molar-refractivity contribution in [1.82, 2.24) is 19.6 Å². The van der Waals surface area contributed by atoms with Crippen LogP contribution in [0.2, 0.25) is 0 Å². The fourth-order valence-corrected chi connectivity index (χ4v) is 5.32.